The summed E-state index contributed by atoms with van der Waals surface area (Å²) in [6.07, 6.45) is 2.36. The quantitative estimate of drug-likeness (QED) is 0.176. The summed E-state index contributed by atoms with van der Waals surface area (Å²) < 4.78 is 35.8. The van der Waals surface area contributed by atoms with Crippen molar-refractivity contribution in [3.8, 4) is 23.0 Å². The lowest BCUT2D eigenvalue weighted by Gasteiger charge is -2.27. The van der Waals surface area contributed by atoms with Crippen molar-refractivity contribution >= 4 is 11.9 Å². The molecule has 236 valence electrons. The van der Waals surface area contributed by atoms with Gasteiger partial charge in [-0.05, 0) is 61.7 Å². The largest absolute Gasteiger partial charge is 0.496 e. The molecule has 0 aliphatic carbocycles. The van der Waals surface area contributed by atoms with Crippen LogP contribution in [-0.2, 0) is 39.5 Å². The minimum Gasteiger partial charge on any atom is -0.496 e. The lowest BCUT2D eigenvalue weighted by molar-refractivity contribution is -0.150. The first-order valence-electron chi connectivity index (χ1n) is 14.8. The Morgan fingerprint density at radius 3 is 2.16 bits per heavy atom. The van der Waals surface area contributed by atoms with Crippen molar-refractivity contribution in [3.63, 3.8) is 0 Å². The number of rotatable bonds is 17. The zero-order valence-corrected chi connectivity index (χ0v) is 25.4. The number of carboxylic acid groups (broad SMARTS) is 2. The number of benzene rings is 3. The molecule has 10 nitrogen and oxygen atoms in total. The maximum absolute atomic E-state index is 11.4. The number of hydrogen-bond acceptors (Lipinski definition) is 8. The average molecular weight is 609 g/mol. The summed E-state index contributed by atoms with van der Waals surface area (Å²) in [5.41, 5.74) is 3.28. The molecule has 3 aromatic rings. The molecule has 3 aromatic carbocycles. The van der Waals surface area contributed by atoms with E-state index in [2.05, 4.69) is 6.92 Å². The number of methoxy groups -OCH3 is 1. The van der Waals surface area contributed by atoms with Crippen LogP contribution in [-0.4, -0.2) is 55.7 Å². The minimum absolute atomic E-state index is 0.0957. The summed E-state index contributed by atoms with van der Waals surface area (Å²) >= 11 is 0. The zero-order valence-electron chi connectivity index (χ0n) is 25.4. The van der Waals surface area contributed by atoms with Gasteiger partial charge in [-0.2, -0.15) is 0 Å². The predicted molar refractivity (Wildman–Crippen MR) is 162 cm³/mol. The molecule has 1 aliphatic rings. The maximum atomic E-state index is 11.4. The third-order valence-electron chi connectivity index (χ3n) is 7.30. The molecule has 1 saturated heterocycles. The van der Waals surface area contributed by atoms with E-state index in [1.807, 2.05) is 19.1 Å². The van der Waals surface area contributed by atoms with Gasteiger partial charge < -0.3 is 38.6 Å². The number of ether oxygens (including phenoxy) is 6. The molecular formula is C34H40O10. The molecule has 0 radical (unpaired) electrons. The molecule has 0 spiro atoms. The van der Waals surface area contributed by atoms with Crippen LogP contribution in [0.1, 0.15) is 65.7 Å². The Labute approximate surface area is 257 Å². The molecule has 1 fully saturated rings. The Kier molecular flexibility index (Phi) is 11.5. The maximum Gasteiger partial charge on any atom is 0.335 e. The molecular weight excluding hydrogens is 568 g/mol. The highest BCUT2D eigenvalue weighted by atomic mass is 16.7. The molecule has 0 atom stereocenters. The standard InChI is InChI=1S/C34H40O10/c1-4-8-26-30(15-14-27(32(26)39-3)34(2)43-19-20-44-34)41-18-7-17-40-28-11-6-12-29(25(28)13-16-31(35)36)42-22-23-9-5-10-24(21-23)33(37)38/h5-6,9-12,14-15,21H,4,7-8,13,16-20,22H2,1-3H3,(H,35,36)(H,37,38). The third kappa shape index (κ3) is 8.21. The molecule has 0 bridgehead atoms. The van der Waals surface area contributed by atoms with Crippen LogP contribution in [0.4, 0.5) is 0 Å². The molecule has 1 heterocycles. The van der Waals surface area contributed by atoms with Crippen LogP contribution in [0.2, 0.25) is 0 Å². The fourth-order valence-electron chi connectivity index (χ4n) is 5.17. The van der Waals surface area contributed by atoms with E-state index in [1.54, 1.807) is 43.5 Å². The van der Waals surface area contributed by atoms with Gasteiger partial charge in [0.25, 0.3) is 0 Å². The van der Waals surface area contributed by atoms with Gasteiger partial charge >= 0.3 is 11.9 Å². The fraction of sp³-hybridized carbons (Fsp3) is 0.412. The summed E-state index contributed by atoms with van der Waals surface area (Å²) in [6.45, 7) is 5.89. The minimum atomic E-state index is -1.02. The highest BCUT2D eigenvalue weighted by Gasteiger charge is 2.37. The molecule has 4 rings (SSSR count). The van der Waals surface area contributed by atoms with Crippen molar-refractivity contribution < 1.29 is 48.2 Å². The van der Waals surface area contributed by atoms with Gasteiger partial charge in [0.05, 0.1) is 44.7 Å². The van der Waals surface area contributed by atoms with Crippen LogP contribution in [0.3, 0.4) is 0 Å². The van der Waals surface area contributed by atoms with Gasteiger partial charge in [0.1, 0.15) is 29.6 Å². The SMILES string of the molecule is CCCc1c(OCCCOc2cccc(OCc3cccc(C(=O)O)c3)c2CCC(=O)O)ccc(C2(C)OCCO2)c1OC. The van der Waals surface area contributed by atoms with Gasteiger partial charge in [0.15, 0.2) is 5.79 Å². The van der Waals surface area contributed by atoms with Crippen molar-refractivity contribution in [1.29, 1.82) is 0 Å². The Morgan fingerprint density at radius 1 is 0.864 bits per heavy atom. The highest BCUT2D eigenvalue weighted by molar-refractivity contribution is 5.87. The van der Waals surface area contributed by atoms with E-state index in [4.69, 9.17) is 28.4 Å². The summed E-state index contributed by atoms with van der Waals surface area (Å²) in [6, 6.07) is 15.7. The summed E-state index contributed by atoms with van der Waals surface area (Å²) in [5.74, 6) is -0.351. The van der Waals surface area contributed by atoms with Gasteiger partial charge in [-0.3, -0.25) is 4.79 Å². The fourth-order valence-corrected chi connectivity index (χ4v) is 5.17. The van der Waals surface area contributed by atoms with Gasteiger partial charge in [0.2, 0.25) is 0 Å². The number of hydrogen-bond donors (Lipinski definition) is 2. The van der Waals surface area contributed by atoms with E-state index < -0.39 is 17.7 Å². The van der Waals surface area contributed by atoms with E-state index in [0.717, 1.165) is 29.7 Å². The number of carbonyl (C=O) groups is 2. The number of aromatic carboxylic acids is 1. The molecule has 0 aromatic heterocycles. The molecule has 1 aliphatic heterocycles. The lowest BCUT2D eigenvalue weighted by Crippen LogP contribution is -2.24. The first-order chi connectivity index (χ1) is 21.3. The molecule has 2 N–H and O–H groups in total. The van der Waals surface area contributed by atoms with Crippen molar-refractivity contribution in [2.24, 2.45) is 0 Å². The van der Waals surface area contributed by atoms with E-state index in [0.29, 0.717) is 61.2 Å². The molecule has 0 amide bonds. The van der Waals surface area contributed by atoms with Gasteiger partial charge in [-0.1, -0.05) is 31.5 Å². The lowest BCUT2D eigenvalue weighted by atomic mass is 9.98. The first kappa shape index (κ1) is 32.6. The second-order valence-corrected chi connectivity index (χ2v) is 10.5. The van der Waals surface area contributed by atoms with Crippen molar-refractivity contribution in [1.82, 2.24) is 0 Å². The Balaban J connectivity index is 1.41. The van der Waals surface area contributed by atoms with Gasteiger partial charge in [-0.25, -0.2) is 4.79 Å². The van der Waals surface area contributed by atoms with E-state index in [9.17, 15) is 19.8 Å². The highest BCUT2D eigenvalue weighted by Crippen LogP contribution is 2.42. The van der Waals surface area contributed by atoms with Crippen LogP contribution in [0.25, 0.3) is 0 Å². The van der Waals surface area contributed by atoms with Gasteiger partial charge in [-0.15, -0.1) is 0 Å². The average Bonchev–Trinajstić information content (AvgIpc) is 3.47. The Bertz CT molecular complexity index is 1430. The van der Waals surface area contributed by atoms with E-state index in [1.165, 1.54) is 6.07 Å². The van der Waals surface area contributed by atoms with Crippen molar-refractivity contribution in [2.75, 3.05) is 33.5 Å². The number of carboxylic acids is 2. The monoisotopic (exact) mass is 608 g/mol. The third-order valence-corrected chi connectivity index (χ3v) is 7.30. The van der Waals surface area contributed by atoms with E-state index >= 15 is 0 Å². The Hall–Kier alpha value is -4.28. The van der Waals surface area contributed by atoms with Crippen LogP contribution in [0.5, 0.6) is 23.0 Å². The summed E-state index contributed by atoms with van der Waals surface area (Å²) in [7, 11) is 1.64. The first-order valence-corrected chi connectivity index (χ1v) is 14.8. The Morgan fingerprint density at radius 2 is 1.52 bits per heavy atom. The summed E-state index contributed by atoms with van der Waals surface area (Å²) in [5, 5.41) is 18.6. The van der Waals surface area contributed by atoms with Crippen molar-refractivity contribution in [3.05, 3.63) is 82.4 Å². The summed E-state index contributed by atoms with van der Waals surface area (Å²) in [4.78, 5) is 22.7. The molecule has 0 saturated carbocycles. The van der Waals surface area contributed by atoms with Crippen LogP contribution in [0, 0.1) is 0 Å². The smallest absolute Gasteiger partial charge is 0.335 e. The van der Waals surface area contributed by atoms with Gasteiger partial charge in [0, 0.05) is 24.0 Å². The second-order valence-electron chi connectivity index (χ2n) is 10.5. The van der Waals surface area contributed by atoms with Crippen molar-refractivity contribution in [2.45, 2.75) is 58.3 Å². The predicted octanol–water partition coefficient (Wildman–Crippen LogP) is 6.01. The second kappa shape index (κ2) is 15.4. The zero-order chi connectivity index (χ0) is 31.5. The topological polar surface area (TPSA) is 130 Å². The molecule has 10 heteroatoms. The normalized spacial score (nSPS) is 13.8. The number of aliphatic carboxylic acids is 1. The van der Waals surface area contributed by atoms with Crippen LogP contribution < -0.4 is 18.9 Å². The molecule has 0 unspecified atom stereocenters. The van der Waals surface area contributed by atoms with E-state index in [-0.39, 0.29) is 25.0 Å². The molecule has 44 heavy (non-hydrogen) atoms. The van der Waals surface area contributed by atoms with Crippen LogP contribution in [0.15, 0.2) is 54.6 Å². The van der Waals surface area contributed by atoms with Crippen LogP contribution >= 0.6 is 0 Å².